The first-order valence-corrected chi connectivity index (χ1v) is 10.2. The van der Waals surface area contributed by atoms with Gasteiger partial charge in [-0.1, -0.05) is 30.3 Å². The summed E-state index contributed by atoms with van der Waals surface area (Å²) in [4.78, 5) is 37.9. The van der Waals surface area contributed by atoms with Gasteiger partial charge in [0.1, 0.15) is 6.54 Å². The van der Waals surface area contributed by atoms with Gasteiger partial charge < -0.3 is 9.30 Å². The molecule has 0 saturated carbocycles. The molecule has 7 heteroatoms. The lowest BCUT2D eigenvalue weighted by molar-refractivity contribution is -0.149. The number of amides is 2. The van der Waals surface area contributed by atoms with E-state index >= 15 is 0 Å². The summed E-state index contributed by atoms with van der Waals surface area (Å²) in [5.41, 5.74) is 4.15. The highest BCUT2D eigenvalue weighted by molar-refractivity contribution is 8.18. The number of carbonyl (C=O) groups excluding carboxylic acids is 3. The zero-order valence-electron chi connectivity index (χ0n) is 17.0. The summed E-state index contributed by atoms with van der Waals surface area (Å²) < 4.78 is 7.21. The second kappa shape index (κ2) is 8.69. The molecular formula is C22H24N2O4S. The Morgan fingerprint density at radius 1 is 1.17 bits per heavy atom. The van der Waals surface area contributed by atoms with Gasteiger partial charge >= 0.3 is 5.97 Å². The number of rotatable bonds is 6. The number of imide groups is 1. The van der Waals surface area contributed by atoms with E-state index < -0.39 is 17.1 Å². The zero-order valence-corrected chi connectivity index (χ0v) is 17.8. The summed E-state index contributed by atoms with van der Waals surface area (Å²) in [6.07, 6.45) is 1.43. The lowest BCUT2D eigenvalue weighted by atomic mass is 10.2. The second-order valence-electron chi connectivity index (χ2n) is 7.20. The molecule has 3 rings (SSSR count). The molecule has 29 heavy (non-hydrogen) atoms. The number of hydrogen-bond acceptors (Lipinski definition) is 5. The summed E-state index contributed by atoms with van der Waals surface area (Å²) >= 11 is 0.847. The lowest BCUT2D eigenvalue weighted by Crippen LogP contribution is -2.35. The minimum absolute atomic E-state index is 0.298. The molecular weight excluding hydrogens is 388 g/mol. The fraction of sp³-hybridized carbons (Fsp3) is 0.318. The highest BCUT2D eigenvalue weighted by Crippen LogP contribution is 2.33. The molecule has 1 fully saturated rings. The van der Waals surface area contributed by atoms with Crippen molar-refractivity contribution in [2.45, 2.75) is 40.3 Å². The Labute approximate surface area is 174 Å². The fourth-order valence-electron chi connectivity index (χ4n) is 3.19. The van der Waals surface area contributed by atoms with Gasteiger partial charge in [-0.25, -0.2) is 0 Å². The third kappa shape index (κ3) is 4.79. The molecule has 1 aliphatic rings. The molecule has 2 aromatic rings. The predicted octanol–water partition coefficient (Wildman–Crippen LogP) is 4.14. The Morgan fingerprint density at radius 2 is 1.86 bits per heavy atom. The molecule has 6 nitrogen and oxygen atoms in total. The molecule has 0 atom stereocenters. The summed E-state index contributed by atoms with van der Waals surface area (Å²) in [5, 5.41) is -0.458. The molecule has 0 unspecified atom stereocenters. The highest BCUT2D eigenvalue weighted by atomic mass is 32.2. The second-order valence-corrected chi connectivity index (χ2v) is 8.20. The van der Waals surface area contributed by atoms with E-state index in [1.807, 2.05) is 38.1 Å². The zero-order chi connectivity index (χ0) is 21.1. The largest absolute Gasteiger partial charge is 0.462 e. The van der Waals surface area contributed by atoms with E-state index in [-0.39, 0.29) is 12.6 Å². The van der Waals surface area contributed by atoms with Crippen molar-refractivity contribution in [2.75, 3.05) is 6.54 Å². The van der Waals surface area contributed by atoms with Gasteiger partial charge in [0.05, 0.1) is 11.0 Å². The Bertz CT molecular complexity index is 976. The molecule has 1 saturated heterocycles. The van der Waals surface area contributed by atoms with Gasteiger partial charge in [-0.05, 0) is 62.7 Å². The van der Waals surface area contributed by atoms with Crippen LogP contribution in [0.3, 0.4) is 0 Å². The van der Waals surface area contributed by atoms with E-state index in [0.29, 0.717) is 4.91 Å². The van der Waals surface area contributed by atoms with E-state index in [1.54, 1.807) is 19.9 Å². The maximum atomic E-state index is 12.6. The fourth-order valence-corrected chi connectivity index (χ4v) is 4.02. The van der Waals surface area contributed by atoms with Crippen molar-refractivity contribution < 1.29 is 19.1 Å². The normalized spacial score (nSPS) is 15.6. The van der Waals surface area contributed by atoms with Crippen molar-refractivity contribution in [1.29, 1.82) is 0 Å². The van der Waals surface area contributed by atoms with E-state index in [1.165, 1.54) is 5.56 Å². The molecule has 152 valence electrons. The number of aromatic nitrogens is 1. The van der Waals surface area contributed by atoms with Crippen LogP contribution in [0.2, 0.25) is 0 Å². The molecule has 1 aliphatic heterocycles. The maximum absolute atomic E-state index is 12.6. The minimum atomic E-state index is -0.593. The lowest BCUT2D eigenvalue weighted by Gasteiger charge is -2.13. The number of hydrogen-bond donors (Lipinski definition) is 0. The van der Waals surface area contributed by atoms with E-state index in [2.05, 4.69) is 16.7 Å². The third-order valence-electron chi connectivity index (χ3n) is 4.61. The first kappa shape index (κ1) is 20.9. The minimum Gasteiger partial charge on any atom is -0.462 e. The average Bonchev–Trinajstić information content (AvgIpc) is 3.07. The van der Waals surface area contributed by atoms with Crippen molar-refractivity contribution in [1.82, 2.24) is 9.47 Å². The van der Waals surface area contributed by atoms with Crippen LogP contribution < -0.4 is 0 Å². The molecule has 1 aromatic carbocycles. The molecule has 2 heterocycles. The number of nitrogens with zero attached hydrogens (tertiary/aromatic N) is 2. The number of benzene rings is 1. The molecule has 0 aliphatic carbocycles. The average molecular weight is 413 g/mol. The molecule has 0 radical (unpaired) electrons. The van der Waals surface area contributed by atoms with Crippen molar-refractivity contribution in [3.05, 3.63) is 63.8 Å². The van der Waals surface area contributed by atoms with Crippen molar-refractivity contribution >= 4 is 35.0 Å². The van der Waals surface area contributed by atoms with Crippen LogP contribution in [0.4, 0.5) is 4.79 Å². The van der Waals surface area contributed by atoms with Crippen LogP contribution in [0, 0.1) is 13.8 Å². The summed E-state index contributed by atoms with van der Waals surface area (Å²) in [5.74, 6) is -1.06. The molecule has 0 bridgehead atoms. The topological polar surface area (TPSA) is 68.6 Å². The Balaban J connectivity index is 1.80. The standard InChI is InChI=1S/C22H24N2O4S/c1-14(2)28-20(25)13-24-21(26)19(29-22(24)27)11-18-10-15(3)23(16(18)4)12-17-8-6-5-7-9-17/h5-11,14H,12-13H2,1-4H3/b19-11+. The van der Waals surface area contributed by atoms with Crippen molar-refractivity contribution in [3.8, 4) is 0 Å². The van der Waals surface area contributed by atoms with Crippen LogP contribution in [0.1, 0.15) is 36.4 Å². The monoisotopic (exact) mass is 412 g/mol. The van der Waals surface area contributed by atoms with Crippen molar-refractivity contribution in [3.63, 3.8) is 0 Å². The van der Waals surface area contributed by atoms with Crippen LogP contribution in [0.15, 0.2) is 41.3 Å². The summed E-state index contributed by atoms with van der Waals surface area (Å²) in [6, 6.07) is 12.1. The van der Waals surface area contributed by atoms with Gasteiger partial charge in [-0.3, -0.25) is 19.3 Å². The maximum Gasteiger partial charge on any atom is 0.326 e. The van der Waals surface area contributed by atoms with Crippen LogP contribution in [-0.4, -0.2) is 39.2 Å². The van der Waals surface area contributed by atoms with E-state index in [4.69, 9.17) is 4.74 Å². The van der Waals surface area contributed by atoms with Crippen LogP contribution in [0.25, 0.3) is 6.08 Å². The Morgan fingerprint density at radius 3 is 2.52 bits per heavy atom. The highest BCUT2D eigenvalue weighted by Gasteiger charge is 2.37. The van der Waals surface area contributed by atoms with Crippen LogP contribution >= 0.6 is 11.8 Å². The molecule has 0 spiro atoms. The van der Waals surface area contributed by atoms with Crippen LogP contribution in [0.5, 0.6) is 0 Å². The number of ether oxygens (including phenoxy) is 1. The Hall–Kier alpha value is -2.80. The quantitative estimate of drug-likeness (QED) is 0.527. The van der Waals surface area contributed by atoms with Crippen molar-refractivity contribution in [2.24, 2.45) is 0 Å². The number of aryl methyl sites for hydroxylation is 1. The van der Waals surface area contributed by atoms with E-state index in [0.717, 1.165) is 40.2 Å². The Kier molecular flexibility index (Phi) is 6.27. The van der Waals surface area contributed by atoms with E-state index in [9.17, 15) is 14.4 Å². The summed E-state index contributed by atoms with van der Waals surface area (Å²) in [7, 11) is 0. The van der Waals surface area contributed by atoms with Gasteiger partial charge in [0.15, 0.2) is 0 Å². The predicted molar refractivity (Wildman–Crippen MR) is 113 cm³/mol. The number of esters is 1. The van der Waals surface area contributed by atoms with Crippen LogP contribution in [-0.2, 0) is 20.9 Å². The van der Waals surface area contributed by atoms with Gasteiger partial charge in [0, 0.05) is 17.9 Å². The van der Waals surface area contributed by atoms with Gasteiger partial charge in [0.2, 0.25) is 0 Å². The van der Waals surface area contributed by atoms with Gasteiger partial charge in [0.25, 0.3) is 11.1 Å². The summed E-state index contributed by atoms with van der Waals surface area (Å²) in [6.45, 7) is 7.81. The SMILES string of the molecule is Cc1cc(/C=C2/SC(=O)N(CC(=O)OC(C)C)C2=O)c(C)n1Cc1ccccc1. The number of carbonyl (C=O) groups is 3. The third-order valence-corrected chi connectivity index (χ3v) is 5.52. The first-order chi connectivity index (χ1) is 13.8. The van der Waals surface area contributed by atoms with Gasteiger partial charge in [-0.2, -0.15) is 0 Å². The molecule has 0 N–H and O–H groups in total. The molecule has 1 aromatic heterocycles. The molecule has 2 amide bonds. The first-order valence-electron chi connectivity index (χ1n) is 9.41. The smallest absolute Gasteiger partial charge is 0.326 e. The van der Waals surface area contributed by atoms with Gasteiger partial charge in [-0.15, -0.1) is 0 Å². The number of thioether (sulfide) groups is 1.